The Morgan fingerprint density at radius 2 is 1.96 bits per heavy atom. The highest BCUT2D eigenvalue weighted by molar-refractivity contribution is 7.99. The number of halogens is 2. The molecule has 9 heteroatoms. The number of hydrogen-bond donors (Lipinski definition) is 1. The van der Waals surface area contributed by atoms with Gasteiger partial charge in [-0.15, -0.1) is 10.2 Å². The molecule has 142 valence electrons. The molecule has 0 aliphatic heterocycles. The second-order valence-electron chi connectivity index (χ2n) is 5.98. The Morgan fingerprint density at radius 1 is 1.14 bits per heavy atom. The van der Waals surface area contributed by atoms with E-state index in [1.165, 1.54) is 11.8 Å². The number of thioether (sulfide) groups is 1. The van der Waals surface area contributed by atoms with Gasteiger partial charge in [-0.2, -0.15) is 0 Å². The fourth-order valence-electron chi connectivity index (χ4n) is 2.65. The number of hydrogen-bond acceptors (Lipinski definition) is 5. The molecule has 0 saturated heterocycles. The molecule has 28 heavy (non-hydrogen) atoms. The van der Waals surface area contributed by atoms with Gasteiger partial charge in [0.05, 0.1) is 15.8 Å². The summed E-state index contributed by atoms with van der Waals surface area (Å²) in [5.74, 6) is 1.22. The lowest BCUT2D eigenvalue weighted by atomic mass is 10.2. The molecule has 0 bridgehead atoms. The fraction of sp³-hybridized carbons (Fsp3) is 0.105. The van der Waals surface area contributed by atoms with Gasteiger partial charge in [-0.1, -0.05) is 53.2 Å². The zero-order valence-corrected chi connectivity index (χ0v) is 17.0. The van der Waals surface area contributed by atoms with Gasteiger partial charge in [-0.25, -0.2) is 0 Å². The number of para-hydroxylation sites is 1. The molecule has 2 aromatic heterocycles. The Labute approximate surface area is 174 Å². The van der Waals surface area contributed by atoms with Crippen LogP contribution in [-0.2, 0) is 11.8 Å². The van der Waals surface area contributed by atoms with E-state index in [1.807, 2.05) is 37.4 Å². The van der Waals surface area contributed by atoms with Gasteiger partial charge in [-0.05, 0) is 30.3 Å². The Hall–Kier alpha value is -2.48. The van der Waals surface area contributed by atoms with E-state index in [0.717, 1.165) is 11.0 Å². The molecule has 0 radical (unpaired) electrons. The van der Waals surface area contributed by atoms with Crippen LogP contribution in [0.15, 0.2) is 58.1 Å². The minimum atomic E-state index is -0.184. The maximum Gasteiger partial charge on any atom is 0.234 e. The highest BCUT2D eigenvalue weighted by Crippen LogP contribution is 2.29. The van der Waals surface area contributed by atoms with Gasteiger partial charge < -0.3 is 14.3 Å². The molecular formula is C19H14Cl2N4O2S. The Kier molecular flexibility index (Phi) is 5.30. The van der Waals surface area contributed by atoms with E-state index in [0.29, 0.717) is 32.5 Å². The third-order valence-corrected chi connectivity index (χ3v) is 5.78. The van der Waals surface area contributed by atoms with E-state index >= 15 is 0 Å². The van der Waals surface area contributed by atoms with E-state index in [4.69, 9.17) is 27.6 Å². The number of carbonyl (C=O) groups is 1. The molecule has 1 amide bonds. The van der Waals surface area contributed by atoms with Crippen LogP contribution in [0.4, 0.5) is 5.69 Å². The number of rotatable bonds is 5. The lowest BCUT2D eigenvalue weighted by Crippen LogP contribution is -2.14. The summed E-state index contributed by atoms with van der Waals surface area (Å²) < 4.78 is 7.64. The third-order valence-electron chi connectivity index (χ3n) is 4.02. The van der Waals surface area contributed by atoms with Crippen LogP contribution >= 0.6 is 35.0 Å². The predicted octanol–water partition coefficient (Wildman–Crippen LogP) is 5.27. The fourth-order valence-corrected chi connectivity index (χ4v) is 3.66. The Balaban J connectivity index is 1.44. The van der Waals surface area contributed by atoms with Gasteiger partial charge in [0.15, 0.2) is 16.7 Å². The van der Waals surface area contributed by atoms with E-state index in [-0.39, 0.29) is 11.7 Å². The van der Waals surface area contributed by atoms with E-state index < -0.39 is 0 Å². The van der Waals surface area contributed by atoms with Gasteiger partial charge in [0.25, 0.3) is 0 Å². The first-order valence-corrected chi connectivity index (χ1v) is 10.0. The summed E-state index contributed by atoms with van der Waals surface area (Å²) in [5.41, 5.74) is 1.37. The number of benzene rings is 2. The molecule has 0 saturated carbocycles. The lowest BCUT2D eigenvalue weighted by molar-refractivity contribution is -0.113. The molecule has 4 rings (SSSR count). The standard InChI is InChI=1S/C19H14Cl2N4O2S/c1-25-18(16-8-11-4-2-3-5-15(11)27-16)23-24-19(25)28-10-17(26)22-12-6-7-13(20)14(21)9-12/h2-9H,10H2,1H3,(H,22,26). The van der Waals surface area contributed by atoms with Crippen molar-refractivity contribution in [3.05, 3.63) is 58.6 Å². The average molecular weight is 433 g/mol. The van der Waals surface area contributed by atoms with Crippen molar-refractivity contribution in [3.8, 4) is 11.6 Å². The second kappa shape index (κ2) is 7.87. The third kappa shape index (κ3) is 3.87. The molecule has 0 aliphatic rings. The van der Waals surface area contributed by atoms with Gasteiger partial charge in [0.1, 0.15) is 5.58 Å². The minimum absolute atomic E-state index is 0.173. The van der Waals surface area contributed by atoms with Gasteiger partial charge in [0, 0.05) is 18.1 Å². The van der Waals surface area contributed by atoms with Crippen LogP contribution in [0.3, 0.4) is 0 Å². The molecule has 2 heterocycles. The van der Waals surface area contributed by atoms with Crippen LogP contribution < -0.4 is 5.32 Å². The molecule has 0 spiro atoms. The number of aromatic nitrogens is 3. The summed E-state index contributed by atoms with van der Waals surface area (Å²) in [6.07, 6.45) is 0. The van der Waals surface area contributed by atoms with Crippen molar-refractivity contribution in [3.63, 3.8) is 0 Å². The summed E-state index contributed by atoms with van der Waals surface area (Å²) >= 11 is 13.1. The van der Waals surface area contributed by atoms with Crippen molar-refractivity contribution >= 4 is 57.5 Å². The highest BCUT2D eigenvalue weighted by atomic mass is 35.5. The van der Waals surface area contributed by atoms with E-state index in [1.54, 1.807) is 22.8 Å². The van der Waals surface area contributed by atoms with Crippen LogP contribution in [0, 0.1) is 0 Å². The van der Waals surface area contributed by atoms with Gasteiger partial charge in [-0.3, -0.25) is 4.79 Å². The number of fused-ring (bicyclic) bond motifs is 1. The molecular weight excluding hydrogens is 419 g/mol. The monoisotopic (exact) mass is 432 g/mol. The first-order chi connectivity index (χ1) is 13.5. The van der Waals surface area contributed by atoms with Crippen molar-refractivity contribution in [2.24, 2.45) is 7.05 Å². The summed E-state index contributed by atoms with van der Waals surface area (Å²) in [6.45, 7) is 0. The lowest BCUT2D eigenvalue weighted by Gasteiger charge is -2.06. The number of nitrogens with zero attached hydrogens (tertiary/aromatic N) is 3. The summed E-state index contributed by atoms with van der Waals surface area (Å²) in [5, 5.41) is 13.6. The van der Waals surface area contributed by atoms with Crippen molar-refractivity contribution in [1.82, 2.24) is 14.8 Å². The van der Waals surface area contributed by atoms with Crippen LogP contribution in [0.2, 0.25) is 10.0 Å². The molecule has 4 aromatic rings. The SMILES string of the molecule is Cn1c(SCC(=O)Nc2ccc(Cl)c(Cl)c2)nnc1-c1cc2ccccc2o1. The van der Waals surface area contributed by atoms with E-state index in [2.05, 4.69) is 15.5 Å². The zero-order valence-electron chi connectivity index (χ0n) is 14.6. The highest BCUT2D eigenvalue weighted by Gasteiger charge is 2.16. The molecule has 6 nitrogen and oxygen atoms in total. The van der Waals surface area contributed by atoms with E-state index in [9.17, 15) is 4.79 Å². The number of nitrogens with one attached hydrogen (secondary N) is 1. The second-order valence-corrected chi connectivity index (χ2v) is 7.74. The van der Waals surface area contributed by atoms with Gasteiger partial charge >= 0.3 is 0 Å². The largest absolute Gasteiger partial charge is 0.453 e. The number of carbonyl (C=O) groups excluding carboxylic acids is 1. The van der Waals surface area contributed by atoms with Crippen molar-refractivity contribution < 1.29 is 9.21 Å². The molecule has 2 aromatic carbocycles. The molecule has 0 fully saturated rings. The number of furan rings is 1. The summed E-state index contributed by atoms with van der Waals surface area (Å²) in [6, 6.07) is 14.6. The van der Waals surface area contributed by atoms with Crippen molar-refractivity contribution in [2.45, 2.75) is 5.16 Å². The average Bonchev–Trinajstić information content (AvgIpc) is 3.26. The first kappa shape index (κ1) is 18.9. The predicted molar refractivity (Wildman–Crippen MR) is 112 cm³/mol. The first-order valence-electron chi connectivity index (χ1n) is 8.27. The Morgan fingerprint density at radius 3 is 2.75 bits per heavy atom. The van der Waals surface area contributed by atoms with Crippen LogP contribution in [-0.4, -0.2) is 26.4 Å². The Bertz CT molecular complexity index is 1140. The number of amides is 1. The van der Waals surface area contributed by atoms with Crippen LogP contribution in [0.25, 0.3) is 22.6 Å². The molecule has 0 unspecified atom stereocenters. The minimum Gasteiger partial charge on any atom is -0.453 e. The van der Waals surface area contributed by atoms with Crippen molar-refractivity contribution in [2.75, 3.05) is 11.1 Å². The summed E-state index contributed by atoms with van der Waals surface area (Å²) in [4.78, 5) is 12.2. The molecule has 0 aliphatic carbocycles. The van der Waals surface area contributed by atoms with Crippen molar-refractivity contribution in [1.29, 1.82) is 0 Å². The quantitative estimate of drug-likeness (QED) is 0.435. The topological polar surface area (TPSA) is 73.0 Å². The molecule has 0 atom stereocenters. The van der Waals surface area contributed by atoms with Crippen LogP contribution in [0.1, 0.15) is 0 Å². The van der Waals surface area contributed by atoms with Crippen LogP contribution in [0.5, 0.6) is 0 Å². The maximum absolute atomic E-state index is 12.2. The number of anilines is 1. The smallest absolute Gasteiger partial charge is 0.234 e. The summed E-state index contributed by atoms with van der Waals surface area (Å²) in [7, 11) is 1.84. The van der Waals surface area contributed by atoms with Gasteiger partial charge in [0.2, 0.25) is 5.91 Å². The normalized spacial score (nSPS) is 11.1. The molecule has 1 N–H and O–H groups in total. The maximum atomic E-state index is 12.2. The zero-order chi connectivity index (χ0) is 19.7.